The summed E-state index contributed by atoms with van der Waals surface area (Å²) >= 11 is 0. The second kappa shape index (κ2) is 10.6. The number of nitrogens with one attached hydrogen (secondary N) is 1. The summed E-state index contributed by atoms with van der Waals surface area (Å²) in [7, 11) is 0. The summed E-state index contributed by atoms with van der Waals surface area (Å²) in [6.45, 7) is 4.64. The summed E-state index contributed by atoms with van der Waals surface area (Å²) in [6, 6.07) is 7.91. The molecule has 9 heteroatoms. The van der Waals surface area contributed by atoms with Crippen LogP contribution in [0.25, 0.3) is 0 Å². The van der Waals surface area contributed by atoms with Gasteiger partial charge in [0.15, 0.2) is 6.61 Å². The molecule has 2 aliphatic heterocycles. The molecule has 1 atom stereocenters. The van der Waals surface area contributed by atoms with Gasteiger partial charge in [0.25, 0.3) is 5.91 Å². The van der Waals surface area contributed by atoms with E-state index in [1.54, 1.807) is 12.1 Å². The van der Waals surface area contributed by atoms with E-state index in [9.17, 15) is 14.0 Å². The zero-order valence-electron chi connectivity index (χ0n) is 17.9. The Balaban J connectivity index is 1.21. The van der Waals surface area contributed by atoms with Crippen molar-refractivity contribution >= 4 is 11.6 Å². The number of benzene rings is 1. The van der Waals surface area contributed by atoms with Gasteiger partial charge in [-0.25, -0.2) is 4.39 Å². The third kappa shape index (κ3) is 6.08. The van der Waals surface area contributed by atoms with Crippen LogP contribution < -0.4 is 20.4 Å². The highest BCUT2D eigenvalue weighted by Gasteiger charge is 2.19. The van der Waals surface area contributed by atoms with Crippen LogP contribution in [0.2, 0.25) is 0 Å². The average molecular weight is 445 g/mol. The molecular weight excluding hydrogens is 417 g/mol. The molecule has 1 aromatic heterocycles. The molecular formula is C23H28FN3O5. The number of hydrogen-bond acceptors (Lipinski definition) is 7. The highest BCUT2D eigenvalue weighted by atomic mass is 19.1. The minimum atomic E-state index is -0.317. The lowest BCUT2D eigenvalue weighted by Crippen LogP contribution is -2.46. The van der Waals surface area contributed by atoms with Gasteiger partial charge in [-0.3, -0.25) is 14.5 Å². The molecule has 1 N–H and O–H groups in total. The largest absolute Gasteiger partial charge is 0.477 e. The number of anilines is 1. The van der Waals surface area contributed by atoms with Crippen molar-refractivity contribution in [1.82, 2.24) is 10.2 Å². The summed E-state index contributed by atoms with van der Waals surface area (Å²) < 4.78 is 29.4. The Morgan fingerprint density at radius 1 is 1.19 bits per heavy atom. The zero-order chi connectivity index (χ0) is 22.3. The quantitative estimate of drug-likeness (QED) is 0.663. The number of piperazine rings is 1. The number of hydrogen-bond donors (Lipinski definition) is 1. The number of carbonyl (C=O) groups excluding carboxylic acids is 1. The van der Waals surface area contributed by atoms with Crippen molar-refractivity contribution in [2.75, 3.05) is 50.8 Å². The Hall–Kier alpha value is -2.91. The lowest BCUT2D eigenvalue weighted by molar-refractivity contribution is -0.123. The first-order valence-electron chi connectivity index (χ1n) is 10.9. The predicted molar refractivity (Wildman–Crippen MR) is 116 cm³/mol. The number of nitrogens with zero attached hydrogens (tertiary/aromatic N) is 2. The summed E-state index contributed by atoms with van der Waals surface area (Å²) in [4.78, 5) is 28.6. The Bertz CT molecular complexity index is 951. The predicted octanol–water partition coefficient (Wildman–Crippen LogP) is 1.78. The van der Waals surface area contributed by atoms with Gasteiger partial charge in [-0.05, 0) is 37.1 Å². The molecule has 172 valence electrons. The molecule has 1 aromatic carbocycles. The topological polar surface area (TPSA) is 84.2 Å². The van der Waals surface area contributed by atoms with Gasteiger partial charge < -0.3 is 24.1 Å². The number of halogens is 1. The third-order valence-electron chi connectivity index (χ3n) is 5.71. The summed E-state index contributed by atoms with van der Waals surface area (Å²) in [5.74, 6) is 0.0136. The first-order valence-corrected chi connectivity index (χ1v) is 10.9. The molecule has 0 bridgehead atoms. The smallest absolute Gasteiger partial charge is 0.258 e. The molecule has 0 aliphatic carbocycles. The molecule has 2 fully saturated rings. The number of ether oxygens (including phenoxy) is 2. The van der Waals surface area contributed by atoms with E-state index in [0.717, 1.165) is 51.3 Å². The standard InChI is InChI=1S/C23H28FN3O5/c24-17-3-5-18(6-4-17)27-9-7-26(8-10-27)14-20-12-21(28)22(15-31-20)32-16-23(29)25-13-19-2-1-11-30-19/h3-6,12,15,19H,1-2,7-11,13-14,16H2,(H,25,29)/t19-/m1/s1. The highest BCUT2D eigenvalue weighted by Crippen LogP contribution is 2.18. The Morgan fingerprint density at radius 2 is 1.97 bits per heavy atom. The van der Waals surface area contributed by atoms with E-state index in [1.165, 1.54) is 24.5 Å². The van der Waals surface area contributed by atoms with Crippen molar-refractivity contribution in [3.05, 3.63) is 58.4 Å². The van der Waals surface area contributed by atoms with Crippen molar-refractivity contribution in [1.29, 1.82) is 0 Å². The van der Waals surface area contributed by atoms with Crippen LogP contribution in [0.4, 0.5) is 10.1 Å². The van der Waals surface area contributed by atoms with E-state index in [0.29, 0.717) is 18.8 Å². The number of carbonyl (C=O) groups is 1. The summed E-state index contributed by atoms with van der Waals surface area (Å²) in [5, 5.41) is 2.75. The Labute approximate surface area is 185 Å². The summed E-state index contributed by atoms with van der Waals surface area (Å²) in [6.07, 6.45) is 3.27. The molecule has 3 heterocycles. The minimum Gasteiger partial charge on any atom is -0.477 e. The fraction of sp³-hybridized carbons (Fsp3) is 0.478. The van der Waals surface area contributed by atoms with Crippen LogP contribution >= 0.6 is 0 Å². The molecule has 32 heavy (non-hydrogen) atoms. The van der Waals surface area contributed by atoms with E-state index in [1.807, 2.05) is 0 Å². The zero-order valence-corrected chi connectivity index (χ0v) is 17.9. The van der Waals surface area contributed by atoms with Crippen molar-refractivity contribution in [2.45, 2.75) is 25.5 Å². The highest BCUT2D eigenvalue weighted by molar-refractivity contribution is 5.77. The van der Waals surface area contributed by atoms with E-state index in [4.69, 9.17) is 13.9 Å². The molecule has 0 saturated carbocycles. The van der Waals surface area contributed by atoms with Crippen LogP contribution in [-0.4, -0.2) is 62.8 Å². The molecule has 2 saturated heterocycles. The molecule has 0 radical (unpaired) electrons. The SMILES string of the molecule is O=C(COc1coc(CN2CCN(c3ccc(F)cc3)CC2)cc1=O)NC[C@H]1CCCO1. The fourth-order valence-corrected chi connectivity index (χ4v) is 3.89. The van der Waals surface area contributed by atoms with Gasteiger partial charge in [0.1, 0.15) is 17.8 Å². The second-order valence-corrected chi connectivity index (χ2v) is 8.04. The molecule has 2 aliphatic rings. The molecule has 4 rings (SSSR count). The lowest BCUT2D eigenvalue weighted by atomic mass is 10.2. The van der Waals surface area contributed by atoms with Gasteiger partial charge in [-0.2, -0.15) is 0 Å². The van der Waals surface area contributed by atoms with E-state index in [2.05, 4.69) is 15.1 Å². The van der Waals surface area contributed by atoms with Crippen LogP contribution in [0.3, 0.4) is 0 Å². The first kappa shape index (κ1) is 22.3. The maximum atomic E-state index is 13.1. The van der Waals surface area contributed by atoms with Gasteiger partial charge in [0.2, 0.25) is 11.2 Å². The van der Waals surface area contributed by atoms with Gasteiger partial charge in [-0.1, -0.05) is 0 Å². The van der Waals surface area contributed by atoms with Crippen molar-refractivity contribution in [3.63, 3.8) is 0 Å². The van der Waals surface area contributed by atoms with Gasteiger partial charge >= 0.3 is 0 Å². The second-order valence-electron chi connectivity index (χ2n) is 8.04. The van der Waals surface area contributed by atoms with E-state index in [-0.39, 0.29) is 35.6 Å². The van der Waals surface area contributed by atoms with Crippen LogP contribution in [0.5, 0.6) is 5.75 Å². The fourth-order valence-electron chi connectivity index (χ4n) is 3.89. The first-order chi connectivity index (χ1) is 15.6. The summed E-state index contributed by atoms with van der Waals surface area (Å²) in [5.41, 5.74) is 0.682. The maximum Gasteiger partial charge on any atom is 0.258 e. The molecule has 0 spiro atoms. The lowest BCUT2D eigenvalue weighted by Gasteiger charge is -2.35. The van der Waals surface area contributed by atoms with Crippen molar-refractivity contribution < 1.29 is 23.1 Å². The van der Waals surface area contributed by atoms with E-state index >= 15 is 0 Å². The van der Waals surface area contributed by atoms with Crippen molar-refractivity contribution in [2.24, 2.45) is 0 Å². The normalized spacial score (nSPS) is 19.2. The van der Waals surface area contributed by atoms with Crippen LogP contribution in [-0.2, 0) is 16.1 Å². The van der Waals surface area contributed by atoms with Crippen LogP contribution in [0.15, 0.2) is 45.8 Å². The molecule has 8 nitrogen and oxygen atoms in total. The van der Waals surface area contributed by atoms with Gasteiger partial charge in [0, 0.05) is 51.1 Å². The maximum absolute atomic E-state index is 13.1. The molecule has 2 aromatic rings. The Kier molecular flexibility index (Phi) is 7.39. The molecule has 1 amide bonds. The number of rotatable bonds is 8. The van der Waals surface area contributed by atoms with Crippen molar-refractivity contribution in [3.8, 4) is 5.75 Å². The average Bonchev–Trinajstić information content (AvgIpc) is 3.32. The minimum absolute atomic E-state index is 0.0159. The van der Waals surface area contributed by atoms with Gasteiger partial charge in [0.05, 0.1) is 12.6 Å². The third-order valence-corrected chi connectivity index (χ3v) is 5.71. The van der Waals surface area contributed by atoms with E-state index < -0.39 is 0 Å². The number of amides is 1. The van der Waals surface area contributed by atoms with Crippen LogP contribution in [0.1, 0.15) is 18.6 Å². The molecule has 0 unspecified atom stereocenters. The van der Waals surface area contributed by atoms with Gasteiger partial charge in [-0.15, -0.1) is 0 Å². The monoisotopic (exact) mass is 445 g/mol. The Morgan fingerprint density at radius 3 is 2.66 bits per heavy atom. The van der Waals surface area contributed by atoms with Crippen LogP contribution in [0, 0.1) is 5.82 Å².